The third-order valence-electron chi connectivity index (χ3n) is 24.2. The summed E-state index contributed by atoms with van der Waals surface area (Å²) < 4.78 is 72.1. The van der Waals surface area contributed by atoms with E-state index in [4.69, 9.17) is 56.8 Å². The number of hydrogen-bond acceptors (Lipinski definition) is 29. The van der Waals surface area contributed by atoms with Crippen LogP contribution in [0, 0.1) is 44.8 Å². The second kappa shape index (κ2) is 26.8. The van der Waals surface area contributed by atoms with Crippen LogP contribution in [0.4, 0.5) is 0 Å². The Hall–Kier alpha value is -2.13. The largest absolute Gasteiger partial charge is 0.432 e. The Labute approximate surface area is 533 Å². The highest BCUT2D eigenvalue weighted by Crippen LogP contribution is 2.76. The van der Waals surface area contributed by atoms with Crippen molar-refractivity contribution in [2.24, 2.45) is 44.8 Å². The van der Waals surface area contributed by atoms with Crippen LogP contribution in [0.15, 0.2) is 23.8 Å². The summed E-state index contributed by atoms with van der Waals surface area (Å²) in [4.78, 5) is 15.2. The highest BCUT2D eigenvalue weighted by atomic mass is 16.8. The van der Waals surface area contributed by atoms with Gasteiger partial charge in [0, 0.05) is 5.92 Å². The van der Waals surface area contributed by atoms with Crippen LogP contribution < -0.4 is 0 Å². The zero-order chi connectivity index (χ0) is 66.8. The molecular weight excluding hydrogens is 1220 g/mol. The fraction of sp³-hybridized carbons (Fsp3) is 0.921. The van der Waals surface area contributed by atoms with Crippen LogP contribution in [0.2, 0.25) is 0 Å². The summed E-state index contributed by atoms with van der Waals surface area (Å²) in [6, 6.07) is 0. The lowest BCUT2D eigenvalue weighted by molar-refractivity contribution is -0.383. The predicted octanol–water partition coefficient (Wildman–Crippen LogP) is -3.52. The van der Waals surface area contributed by atoms with E-state index in [1.54, 1.807) is 0 Å². The van der Waals surface area contributed by atoms with Crippen LogP contribution in [-0.4, -0.2) is 292 Å². The van der Waals surface area contributed by atoms with Crippen molar-refractivity contribution < 1.29 is 143 Å². The number of carbonyl (C=O) groups excluding carboxylic acids is 1. The Morgan fingerprint density at radius 3 is 1.76 bits per heavy atom. The Morgan fingerprint density at radius 2 is 1.11 bits per heavy atom. The Balaban J connectivity index is 0.777. The molecule has 0 radical (unpaired) electrons. The van der Waals surface area contributed by atoms with E-state index >= 15 is 4.79 Å². The lowest BCUT2D eigenvalue weighted by atomic mass is 9.34. The van der Waals surface area contributed by atoms with Crippen molar-refractivity contribution >= 4 is 5.97 Å². The molecule has 5 aliphatic carbocycles. The van der Waals surface area contributed by atoms with Gasteiger partial charge in [0.15, 0.2) is 31.5 Å². The molecule has 36 atom stereocenters. The maximum atomic E-state index is 15.2. The van der Waals surface area contributed by atoms with Gasteiger partial charge in [-0.15, -0.1) is 0 Å². The summed E-state index contributed by atoms with van der Waals surface area (Å²) in [5, 5.41) is 173. The fourth-order valence-electron chi connectivity index (χ4n) is 18.3. The molecule has 16 N–H and O–H groups in total. The van der Waals surface area contributed by atoms with Crippen molar-refractivity contribution in [2.45, 2.75) is 291 Å². The molecule has 29 nitrogen and oxygen atoms in total. The smallest absolute Gasteiger partial charge is 0.315 e. The molecule has 0 bridgehead atoms. The van der Waals surface area contributed by atoms with Gasteiger partial charge in [0.1, 0.15) is 122 Å². The second-order valence-electron chi connectivity index (χ2n) is 29.6. The zero-order valence-electron chi connectivity index (χ0n) is 53.1. The van der Waals surface area contributed by atoms with E-state index in [0.29, 0.717) is 44.9 Å². The Kier molecular flexibility index (Phi) is 20.8. The number of esters is 1. The first-order valence-electron chi connectivity index (χ1n) is 32.7. The average Bonchev–Trinajstić information content (AvgIpc) is 0.678. The van der Waals surface area contributed by atoms with Crippen molar-refractivity contribution in [3.63, 3.8) is 0 Å². The number of aliphatic hydroxyl groups excluding tert-OH is 16. The fourth-order valence-corrected chi connectivity index (χ4v) is 18.3. The Bertz CT molecular complexity index is 2620. The number of rotatable bonds is 14. The summed E-state index contributed by atoms with van der Waals surface area (Å²) in [5.41, 5.74) is -0.506. The van der Waals surface area contributed by atoms with Crippen molar-refractivity contribution in [2.75, 3.05) is 26.4 Å². The van der Waals surface area contributed by atoms with Gasteiger partial charge in [0.05, 0.1) is 50.2 Å². The maximum absolute atomic E-state index is 15.2. The second-order valence-corrected chi connectivity index (χ2v) is 29.6. The minimum atomic E-state index is -1.92. The van der Waals surface area contributed by atoms with Crippen molar-refractivity contribution in [3.8, 4) is 0 Å². The molecule has 0 spiro atoms. The zero-order valence-corrected chi connectivity index (χ0v) is 53.1. The molecule has 0 amide bonds. The SMILES string of the molecule is C=C1CC[C@]2(C(=O)O[C@@H]3O[C@H](CO[C@@H]4O[C@H](CO)[C@H](O[C@@H]5O[C@@H](C)[C@H](O)[C@@H](O)[C@@H]5O)[C@@H](O)[C@H]4O)[C@H](O)[C@H](O)[C@H]3O)CC[C@]3(C)C(=CC[C@@H]4[C@@]5(C)CC[C@H](O[C@@H]6OC[C@H](O)[C@H](O[C@@H]7OC[C@@H](O)[C@H](O)[C@H]7O)[C@H]6O[C@@H]6O[C@@H](C)[C@H](O)[C@@H](O)[C@H]6O)C(C)(C)[C@@H]5CC[C@]43C)[C@@H]2C1. The van der Waals surface area contributed by atoms with Crippen LogP contribution in [0.3, 0.4) is 0 Å². The summed E-state index contributed by atoms with van der Waals surface area (Å²) in [7, 11) is 0. The van der Waals surface area contributed by atoms with E-state index in [-0.39, 0.29) is 35.2 Å². The van der Waals surface area contributed by atoms with Crippen LogP contribution in [-0.2, 0) is 61.6 Å². The molecule has 526 valence electrons. The van der Waals surface area contributed by atoms with Gasteiger partial charge in [-0.3, -0.25) is 4.79 Å². The quantitative estimate of drug-likeness (QED) is 0.0455. The van der Waals surface area contributed by atoms with Crippen LogP contribution >= 0.6 is 0 Å². The third kappa shape index (κ3) is 12.1. The molecule has 92 heavy (non-hydrogen) atoms. The number of ether oxygens (including phenoxy) is 12. The van der Waals surface area contributed by atoms with Crippen molar-refractivity contribution in [1.82, 2.24) is 0 Å². The lowest BCUT2D eigenvalue weighted by Crippen LogP contribution is -2.66. The molecule has 0 aromatic carbocycles. The molecule has 11 rings (SSSR count). The third-order valence-corrected chi connectivity index (χ3v) is 24.2. The maximum Gasteiger partial charge on any atom is 0.315 e. The summed E-state index contributed by atoms with van der Waals surface area (Å²) >= 11 is 0. The number of hydrogen-bond donors (Lipinski definition) is 16. The summed E-state index contributed by atoms with van der Waals surface area (Å²) in [6.07, 6.45) is -36.6. The van der Waals surface area contributed by atoms with Gasteiger partial charge >= 0.3 is 5.97 Å². The first-order chi connectivity index (χ1) is 43.2. The monoisotopic (exact) mass is 1320 g/mol. The van der Waals surface area contributed by atoms with Gasteiger partial charge in [-0.1, -0.05) is 58.4 Å². The molecule has 6 saturated heterocycles. The number of fused-ring (bicyclic) bond motifs is 7. The molecule has 4 saturated carbocycles. The minimum absolute atomic E-state index is 0.0781. The van der Waals surface area contributed by atoms with Crippen LogP contribution in [0.25, 0.3) is 0 Å². The van der Waals surface area contributed by atoms with E-state index in [0.717, 1.165) is 30.4 Å². The van der Waals surface area contributed by atoms with E-state index in [1.807, 2.05) is 0 Å². The highest BCUT2D eigenvalue weighted by Gasteiger charge is 2.70. The number of carbonyl (C=O) groups is 1. The topological polar surface area (TPSA) is 452 Å². The van der Waals surface area contributed by atoms with Gasteiger partial charge < -0.3 is 139 Å². The Morgan fingerprint density at radius 1 is 0.543 bits per heavy atom. The number of aliphatic hydroxyl groups is 16. The van der Waals surface area contributed by atoms with Crippen LogP contribution in [0.1, 0.15) is 113 Å². The standard InChI is InChI=1S/C63H100O29/c1-24-11-16-63(58(80)92-56-47(78)42(73)39(70)32(87-56)23-83-52-48(79)43(74)50(31(20-64)86-52)90-54-45(76)40(71)36(67)25(2)84-54)18-17-61(7)27(28(63)19-24)9-10-34-60(6)14-13-35(59(4,5)33(60)12-15-62(34,61)8)88-57-51(91-55-46(77)41(72)37(68)26(3)85-55)49(30(66)22-82-57)89-53-44(75)38(69)29(65)21-81-53/h9,25-26,28-57,64-79H,1,10-23H2,2-8H3/t25-,26-,28-,29+,30-,31+,32+,33-,34+,35-,36-,37-,38-,39-,40+,41+,42-,43-,44+,45-,46+,47+,48+,49-,50-,51+,52+,53-,54-,55-,56-,57-,60-,61+,62+,63-/m0/s1. The van der Waals surface area contributed by atoms with Gasteiger partial charge in [-0.2, -0.15) is 0 Å². The van der Waals surface area contributed by atoms with E-state index in [1.165, 1.54) is 13.8 Å². The molecule has 29 heteroatoms. The minimum Gasteiger partial charge on any atom is -0.432 e. The molecule has 6 aliphatic heterocycles. The van der Waals surface area contributed by atoms with Crippen molar-refractivity contribution in [3.05, 3.63) is 23.8 Å². The molecule has 0 unspecified atom stereocenters. The van der Waals surface area contributed by atoms with E-state index in [9.17, 15) is 81.7 Å². The average molecular weight is 1320 g/mol. The summed E-state index contributed by atoms with van der Waals surface area (Å²) in [5.74, 6) is -0.783. The normalized spacial score (nSPS) is 54.6. The van der Waals surface area contributed by atoms with Gasteiger partial charge in [0.25, 0.3) is 0 Å². The van der Waals surface area contributed by atoms with Gasteiger partial charge in [0.2, 0.25) is 6.29 Å². The predicted molar refractivity (Wildman–Crippen MR) is 309 cm³/mol. The molecule has 11 aliphatic rings. The molecule has 10 fully saturated rings. The van der Waals surface area contributed by atoms with E-state index in [2.05, 4.69) is 47.3 Å². The molecular formula is C63H100O29. The first kappa shape index (κ1) is 71.2. The molecule has 6 heterocycles. The van der Waals surface area contributed by atoms with E-state index < -0.39 is 220 Å². The lowest BCUT2D eigenvalue weighted by Gasteiger charge is -2.71. The van der Waals surface area contributed by atoms with Gasteiger partial charge in [-0.25, -0.2) is 0 Å². The van der Waals surface area contributed by atoms with Gasteiger partial charge in [-0.05, 0) is 112 Å². The van der Waals surface area contributed by atoms with Crippen molar-refractivity contribution in [1.29, 1.82) is 0 Å². The highest BCUT2D eigenvalue weighted by molar-refractivity contribution is 5.79. The number of allylic oxidation sites excluding steroid dienone is 3. The van der Waals surface area contributed by atoms with Crippen LogP contribution in [0.5, 0.6) is 0 Å². The first-order valence-corrected chi connectivity index (χ1v) is 32.7. The molecule has 0 aromatic heterocycles. The molecule has 0 aromatic rings. The summed E-state index contributed by atoms with van der Waals surface area (Å²) in [6.45, 7) is 16.5.